The fourth-order valence-electron chi connectivity index (χ4n) is 2.46. The molecule has 0 fully saturated rings. The van der Waals surface area contributed by atoms with Gasteiger partial charge in [0.15, 0.2) is 0 Å². The second kappa shape index (κ2) is 7.03. The van der Waals surface area contributed by atoms with Gasteiger partial charge in [0.2, 0.25) is 5.95 Å². The van der Waals surface area contributed by atoms with Crippen LogP contribution in [0.15, 0.2) is 54.7 Å². The van der Waals surface area contributed by atoms with Crippen molar-refractivity contribution >= 4 is 23.1 Å². The molecule has 4 nitrogen and oxygen atoms in total. The SMILES string of the molecule is Cc1ccc(C)c(Nc2nccc(Nc3ccccc3C(F)(F)F)n2)c1. The minimum atomic E-state index is -4.45. The second-order valence-electron chi connectivity index (χ2n) is 5.88. The first kappa shape index (κ1) is 17.7. The largest absolute Gasteiger partial charge is 0.418 e. The number of alkyl halides is 3. The lowest BCUT2D eigenvalue weighted by Crippen LogP contribution is -2.09. The maximum absolute atomic E-state index is 13.1. The first-order chi connectivity index (χ1) is 12.3. The summed E-state index contributed by atoms with van der Waals surface area (Å²) in [6.45, 7) is 3.92. The highest BCUT2D eigenvalue weighted by atomic mass is 19.4. The summed E-state index contributed by atoms with van der Waals surface area (Å²) < 4.78 is 39.3. The van der Waals surface area contributed by atoms with Crippen LogP contribution in [0.5, 0.6) is 0 Å². The number of halogens is 3. The monoisotopic (exact) mass is 358 g/mol. The molecule has 0 unspecified atom stereocenters. The number of benzene rings is 2. The lowest BCUT2D eigenvalue weighted by atomic mass is 10.1. The summed E-state index contributed by atoms with van der Waals surface area (Å²) in [6, 6.07) is 12.7. The number of para-hydroxylation sites is 1. The molecule has 3 aromatic rings. The summed E-state index contributed by atoms with van der Waals surface area (Å²) in [5, 5.41) is 5.82. The molecule has 0 atom stereocenters. The van der Waals surface area contributed by atoms with E-state index in [2.05, 4.69) is 20.6 Å². The molecule has 1 heterocycles. The van der Waals surface area contributed by atoms with Crippen LogP contribution < -0.4 is 10.6 Å². The van der Waals surface area contributed by atoms with Crippen molar-refractivity contribution in [1.82, 2.24) is 9.97 Å². The zero-order valence-corrected chi connectivity index (χ0v) is 14.2. The first-order valence-electron chi connectivity index (χ1n) is 7.93. The van der Waals surface area contributed by atoms with E-state index < -0.39 is 11.7 Å². The van der Waals surface area contributed by atoms with Gasteiger partial charge in [-0.2, -0.15) is 18.2 Å². The van der Waals surface area contributed by atoms with Gasteiger partial charge in [-0.3, -0.25) is 0 Å². The maximum Gasteiger partial charge on any atom is 0.418 e. The van der Waals surface area contributed by atoms with Crippen molar-refractivity contribution in [2.24, 2.45) is 0 Å². The Labute approximate surface area is 149 Å². The van der Waals surface area contributed by atoms with Crippen molar-refractivity contribution in [3.63, 3.8) is 0 Å². The maximum atomic E-state index is 13.1. The number of rotatable bonds is 4. The van der Waals surface area contributed by atoms with Crippen LogP contribution in [0.25, 0.3) is 0 Å². The molecular formula is C19H17F3N4. The van der Waals surface area contributed by atoms with Gasteiger partial charge in [0.25, 0.3) is 0 Å². The van der Waals surface area contributed by atoms with Crippen molar-refractivity contribution in [3.05, 3.63) is 71.4 Å². The molecule has 2 aromatic carbocycles. The smallest absolute Gasteiger partial charge is 0.340 e. The molecule has 0 aliphatic rings. The van der Waals surface area contributed by atoms with Crippen LogP contribution in [0.4, 0.5) is 36.3 Å². The van der Waals surface area contributed by atoms with Gasteiger partial charge in [-0.15, -0.1) is 0 Å². The fourth-order valence-corrected chi connectivity index (χ4v) is 2.46. The van der Waals surface area contributed by atoms with Gasteiger partial charge in [-0.25, -0.2) is 4.98 Å². The van der Waals surface area contributed by atoms with Crippen molar-refractivity contribution < 1.29 is 13.2 Å². The number of anilines is 4. The van der Waals surface area contributed by atoms with Gasteiger partial charge in [0, 0.05) is 11.9 Å². The minimum Gasteiger partial charge on any atom is -0.340 e. The van der Waals surface area contributed by atoms with Crippen LogP contribution in [-0.4, -0.2) is 9.97 Å². The molecule has 0 aliphatic heterocycles. The topological polar surface area (TPSA) is 49.8 Å². The van der Waals surface area contributed by atoms with Crippen molar-refractivity contribution in [2.45, 2.75) is 20.0 Å². The predicted molar refractivity (Wildman–Crippen MR) is 96.0 cm³/mol. The molecule has 0 aliphatic carbocycles. The zero-order valence-electron chi connectivity index (χ0n) is 14.2. The molecule has 26 heavy (non-hydrogen) atoms. The number of aryl methyl sites for hydroxylation is 2. The van der Waals surface area contributed by atoms with E-state index in [1.165, 1.54) is 30.5 Å². The predicted octanol–water partition coefficient (Wildman–Crippen LogP) is 5.60. The average Bonchev–Trinajstić information content (AvgIpc) is 2.58. The summed E-state index contributed by atoms with van der Waals surface area (Å²) >= 11 is 0. The standard InChI is InChI=1S/C19H17F3N4/c1-12-7-8-13(2)16(11-12)25-18-23-10-9-17(26-18)24-15-6-4-3-5-14(15)19(20,21)22/h3-11H,1-2H3,(H2,23,24,25,26). The van der Waals surface area contributed by atoms with E-state index in [-0.39, 0.29) is 11.5 Å². The van der Waals surface area contributed by atoms with Gasteiger partial charge in [-0.1, -0.05) is 24.3 Å². The van der Waals surface area contributed by atoms with E-state index in [0.717, 1.165) is 22.9 Å². The highest BCUT2D eigenvalue weighted by Crippen LogP contribution is 2.35. The third-order valence-electron chi connectivity index (χ3n) is 3.79. The molecule has 134 valence electrons. The Bertz CT molecular complexity index is 923. The fraction of sp³-hybridized carbons (Fsp3) is 0.158. The van der Waals surface area contributed by atoms with Crippen molar-refractivity contribution in [2.75, 3.05) is 10.6 Å². The van der Waals surface area contributed by atoms with E-state index in [4.69, 9.17) is 0 Å². The first-order valence-corrected chi connectivity index (χ1v) is 7.93. The lowest BCUT2D eigenvalue weighted by molar-refractivity contribution is -0.136. The Morgan fingerprint density at radius 3 is 2.42 bits per heavy atom. The average molecular weight is 358 g/mol. The van der Waals surface area contributed by atoms with Crippen molar-refractivity contribution in [1.29, 1.82) is 0 Å². The van der Waals surface area contributed by atoms with Crippen molar-refractivity contribution in [3.8, 4) is 0 Å². The van der Waals surface area contributed by atoms with Gasteiger partial charge >= 0.3 is 6.18 Å². The molecule has 0 spiro atoms. The van der Waals surface area contributed by atoms with E-state index >= 15 is 0 Å². The van der Waals surface area contributed by atoms with E-state index in [9.17, 15) is 13.2 Å². The van der Waals surface area contributed by atoms with Gasteiger partial charge < -0.3 is 10.6 Å². The van der Waals surface area contributed by atoms with Gasteiger partial charge in [0.05, 0.1) is 11.3 Å². The molecule has 3 rings (SSSR count). The molecule has 0 amide bonds. The Morgan fingerprint density at radius 2 is 1.65 bits per heavy atom. The molecular weight excluding hydrogens is 341 g/mol. The Morgan fingerprint density at radius 1 is 0.885 bits per heavy atom. The summed E-state index contributed by atoms with van der Waals surface area (Å²) in [5.74, 6) is 0.567. The molecule has 0 bridgehead atoms. The highest BCUT2D eigenvalue weighted by molar-refractivity contribution is 5.64. The number of hydrogen-bond acceptors (Lipinski definition) is 4. The quantitative estimate of drug-likeness (QED) is 0.637. The van der Waals surface area contributed by atoms with E-state index in [0.29, 0.717) is 5.95 Å². The highest BCUT2D eigenvalue weighted by Gasteiger charge is 2.33. The molecule has 1 aromatic heterocycles. The number of nitrogens with zero attached hydrogens (tertiary/aromatic N) is 2. The molecule has 0 saturated heterocycles. The second-order valence-corrected chi connectivity index (χ2v) is 5.88. The number of aromatic nitrogens is 2. The number of hydrogen-bond donors (Lipinski definition) is 2. The van der Waals surface area contributed by atoms with Crippen LogP contribution in [0.3, 0.4) is 0 Å². The van der Waals surface area contributed by atoms with Crippen LogP contribution in [-0.2, 0) is 6.18 Å². The molecule has 2 N–H and O–H groups in total. The molecule has 7 heteroatoms. The summed E-state index contributed by atoms with van der Waals surface area (Å²) in [5.41, 5.74) is 2.13. The Hall–Kier alpha value is -3.09. The zero-order chi connectivity index (χ0) is 18.7. The summed E-state index contributed by atoms with van der Waals surface area (Å²) in [7, 11) is 0. The van der Waals surface area contributed by atoms with Gasteiger partial charge in [-0.05, 0) is 49.2 Å². The van der Waals surface area contributed by atoms with E-state index in [1.54, 1.807) is 0 Å². The third kappa shape index (κ3) is 4.11. The Balaban J connectivity index is 1.86. The third-order valence-corrected chi connectivity index (χ3v) is 3.79. The van der Waals surface area contributed by atoms with Crippen LogP contribution in [0.2, 0.25) is 0 Å². The van der Waals surface area contributed by atoms with Crippen LogP contribution in [0.1, 0.15) is 16.7 Å². The van der Waals surface area contributed by atoms with Crippen LogP contribution in [0, 0.1) is 13.8 Å². The van der Waals surface area contributed by atoms with Gasteiger partial charge in [0.1, 0.15) is 5.82 Å². The summed E-state index contributed by atoms with van der Waals surface area (Å²) in [6.07, 6.45) is -2.96. The minimum absolute atomic E-state index is 0.0589. The Kier molecular flexibility index (Phi) is 4.79. The summed E-state index contributed by atoms with van der Waals surface area (Å²) in [4.78, 5) is 8.39. The normalized spacial score (nSPS) is 11.3. The van der Waals surface area contributed by atoms with E-state index in [1.807, 2.05) is 32.0 Å². The lowest BCUT2D eigenvalue weighted by Gasteiger charge is -2.14. The molecule has 0 radical (unpaired) electrons. The number of nitrogens with one attached hydrogen (secondary N) is 2. The molecule has 0 saturated carbocycles. The van der Waals surface area contributed by atoms with Crippen LogP contribution >= 0.6 is 0 Å².